The molecule has 0 saturated heterocycles. The smallest absolute Gasteiger partial charge is 0.360 e. The van der Waals surface area contributed by atoms with Gasteiger partial charge in [0, 0.05) is 6.04 Å². The van der Waals surface area contributed by atoms with E-state index in [9.17, 15) is 4.79 Å². The second-order valence-electron chi connectivity index (χ2n) is 4.36. The van der Waals surface area contributed by atoms with Gasteiger partial charge in [-0.05, 0) is 19.3 Å². The highest BCUT2D eigenvalue weighted by molar-refractivity contribution is 5.92. The lowest BCUT2D eigenvalue weighted by atomic mass is 10.1. The molecule has 0 bridgehead atoms. The minimum absolute atomic E-state index is 0.193. The van der Waals surface area contributed by atoms with Crippen molar-refractivity contribution in [3.05, 3.63) is 12.0 Å². The number of anilines is 1. The van der Waals surface area contributed by atoms with Gasteiger partial charge in [0.2, 0.25) is 0 Å². The Balaban J connectivity index is 2.91. The van der Waals surface area contributed by atoms with Gasteiger partial charge in [-0.15, -0.1) is 0 Å². The van der Waals surface area contributed by atoms with Crippen molar-refractivity contribution in [2.45, 2.75) is 33.2 Å². The lowest BCUT2D eigenvalue weighted by molar-refractivity contribution is 0.0596. The van der Waals surface area contributed by atoms with E-state index in [4.69, 9.17) is 5.73 Å². The van der Waals surface area contributed by atoms with Crippen LogP contribution in [0, 0.1) is 5.92 Å². The monoisotopic (exact) mass is 225 g/mol. The second kappa shape index (κ2) is 5.01. The third-order valence-electron chi connectivity index (χ3n) is 2.50. The molecule has 0 aliphatic rings. The first kappa shape index (κ1) is 12.5. The van der Waals surface area contributed by atoms with E-state index in [1.54, 1.807) is 6.33 Å². The number of rotatable bonds is 4. The fourth-order valence-corrected chi connectivity index (χ4v) is 1.77. The topological polar surface area (TPSA) is 70.1 Å². The van der Waals surface area contributed by atoms with Crippen LogP contribution in [0.25, 0.3) is 0 Å². The van der Waals surface area contributed by atoms with Gasteiger partial charge in [0.05, 0.1) is 13.4 Å². The third-order valence-corrected chi connectivity index (χ3v) is 2.50. The first-order chi connectivity index (χ1) is 7.47. The number of carbonyl (C=O) groups is 1. The molecule has 2 N–H and O–H groups in total. The molecule has 0 radical (unpaired) electrons. The van der Waals surface area contributed by atoms with E-state index in [-0.39, 0.29) is 11.7 Å². The number of nitrogen functional groups attached to an aromatic ring is 1. The minimum atomic E-state index is -0.493. The van der Waals surface area contributed by atoms with E-state index in [0.29, 0.717) is 11.7 Å². The van der Waals surface area contributed by atoms with Crippen LogP contribution < -0.4 is 5.73 Å². The normalized spacial score (nSPS) is 12.8. The lowest BCUT2D eigenvalue weighted by Crippen LogP contribution is -2.12. The first-order valence-electron chi connectivity index (χ1n) is 5.38. The Hall–Kier alpha value is -1.52. The van der Waals surface area contributed by atoms with Gasteiger partial charge >= 0.3 is 5.97 Å². The molecule has 1 atom stereocenters. The molecule has 0 amide bonds. The summed E-state index contributed by atoms with van der Waals surface area (Å²) in [4.78, 5) is 15.3. The predicted octanol–water partition coefficient (Wildman–Crippen LogP) is 1.86. The number of esters is 1. The molecule has 0 aliphatic carbocycles. The maximum Gasteiger partial charge on any atom is 0.360 e. The van der Waals surface area contributed by atoms with Gasteiger partial charge in [0.1, 0.15) is 5.82 Å². The van der Waals surface area contributed by atoms with Gasteiger partial charge in [0.25, 0.3) is 0 Å². The summed E-state index contributed by atoms with van der Waals surface area (Å²) in [5, 5.41) is 0. The Labute approximate surface area is 95.6 Å². The summed E-state index contributed by atoms with van der Waals surface area (Å²) in [7, 11) is 1.32. The Kier molecular flexibility index (Phi) is 3.93. The zero-order chi connectivity index (χ0) is 12.3. The zero-order valence-electron chi connectivity index (χ0n) is 10.2. The van der Waals surface area contributed by atoms with Crippen molar-refractivity contribution in [2.24, 2.45) is 5.92 Å². The van der Waals surface area contributed by atoms with Gasteiger partial charge in [-0.25, -0.2) is 9.78 Å². The van der Waals surface area contributed by atoms with Crippen LogP contribution in [0.1, 0.15) is 43.7 Å². The second-order valence-corrected chi connectivity index (χ2v) is 4.36. The number of imidazole rings is 1. The highest BCUT2D eigenvalue weighted by atomic mass is 16.5. The zero-order valence-corrected chi connectivity index (χ0v) is 10.2. The maximum absolute atomic E-state index is 11.3. The molecule has 0 aromatic carbocycles. The van der Waals surface area contributed by atoms with E-state index in [1.165, 1.54) is 7.11 Å². The van der Waals surface area contributed by atoms with Crippen LogP contribution in [0.3, 0.4) is 0 Å². The van der Waals surface area contributed by atoms with Crippen LogP contribution in [-0.2, 0) is 4.74 Å². The minimum Gasteiger partial charge on any atom is -0.464 e. The third kappa shape index (κ3) is 2.53. The Morgan fingerprint density at radius 3 is 2.69 bits per heavy atom. The predicted molar refractivity (Wildman–Crippen MR) is 62.1 cm³/mol. The lowest BCUT2D eigenvalue weighted by Gasteiger charge is -2.16. The molecular formula is C11H19N3O2. The molecule has 90 valence electrons. The largest absolute Gasteiger partial charge is 0.464 e. The molecule has 5 heteroatoms. The standard InChI is InChI=1S/C11H19N3O2/c1-7(2)5-8(3)14-6-13-9(10(14)12)11(15)16-4/h6-8H,5,12H2,1-4H3. The van der Waals surface area contributed by atoms with Crippen molar-refractivity contribution in [1.29, 1.82) is 0 Å². The van der Waals surface area contributed by atoms with Crippen LogP contribution >= 0.6 is 0 Å². The molecule has 0 saturated carbocycles. The Bertz CT molecular complexity index is 371. The molecule has 0 spiro atoms. The number of carbonyl (C=O) groups excluding carboxylic acids is 1. The van der Waals surface area contributed by atoms with Gasteiger partial charge in [0.15, 0.2) is 5.69 Å². The van der Waals surface area contributed by atoms with Crippen molar-refractivity contribution < 1.29 is 9.53 Å². The van der Waals surface area contributed by atoms with E-state index < -0.39 is 5.97 Å². The van der Waals surface area contributed by atoms with Crippen LogP contribution in [-0.4, -0.2) is 22.6 Å². The first-order valence-corrected chi connectivity index (χ1v) is 5.38. The van der Waals surface area contributed by atoms with E-state index in [0.717, 1.165) is 6.42 Å². The number of aromatic nitrogens is 2. The summed E-state index contributed by atoms with van der Waals surface area (Å²) in [6.45, 7) is 6.34. The molecule has 1 rings (SSSR count). The van der Waals surface area contributed by atoms with Crippen LogP contribution in [0.15, 0.2) is 6.33 Å². The summed E-state index contributed by atoms with van der Waals surface area (Å²) < 4.78 is 6.41. The van der Waals surface area contributed by atoms with Crippen LogP contribution in [0.4, 0.5) is 5.82 Å². The average Bonchev–Trinajstić information content (AvgIpc) is 2.58. The summed E-state index contributed by atoms with van der Waals surface area (Å²) >= 11 is 0. The molecule has 0 aliphatic heterocycles. The average molecular weight is 225 g/mol. The van der Waals surface area contributed by atoms with Crippen molar-refractivity contribution in [3.8, 4) is 0 Å². The van der Waals surface area contributed by atoms with Crippen molar-refractivity contribution in [3.63, 3.8) is 0 Å². The molecular weight excluding hydrogens is 206 g/mol. The maximum atomic E-state index is 11.3. The van der Waals surface area contributed by atoms with Gasteiger partial charge in [-0.1, -0.05) is 13.8 Å². The van der Waals surface area contributed by atoms with E-state index in [2.05, 4.69) is 30.5 Å². The van der Waals surface area contributed by atoms with Crippen molar-refractivity contribution in [2.75, 3.05) is 12.8 Å². The van der Waals surface area contributed by atoms with Crippen molar-refractivity contribution in [1.82, 2.24) is 9.55 Å². The van der Waals surface area contributed by atoms with Gasteiger partial charge in [-0.2, -0.15) is 0 Å². The summed E-state index contributed by atoms with van der Waals surface area (Å²) in [6.07, 6.45) is 2.58. The van der Waals surface area contributed by atoms with E-state index in [1.807, 2.05) is 4.57 Å². The number of nitrogens with two attached hydrogens (primary N) is 1. The SMILES string of the molecule is COC(=O)c1ncn(C(C)CC(C)C)c1N. The highest BCUT2D eigenvalue weighted by Gasteiger charge is 2.19. The Morgan fingerprint density at radius 2 is 2.19 bits per heavy atom. The van der Waals surface area contributed by atoms with Crippen molar-refractivity contribution >= 4 is 11.8 Å². The van der Waals surface area contributed by atoms with Gasteiger partial charge < -0.3 is 15.0 Å². The molecule has 1 aromatic heterocycles. The van der Waals surface area contributed by atoms with E-state index >= 15 is 0 Å². The quantitative estimate of drug-likeness (QED) is 0.794. The summed E-state index contributed by atoms with van der Waals surface area (Å²) in [5.74, 6) is 0.450. The number of hydrogen-bond donors (Lipinski definition) is 1. The summed E-state index contributed by atoms with van der Waals surface area (Å²) in [6, 6.07) is 0.228. The highest BCUT2D eigenvalue weighted by Crippen LogP contribution is 2.22. The molecule has 1 heterocycles. The molecule has 16 heavy (non-hydrogen) atoms. The number of ether oxygens (including phenoxy) is 1. The van der Waals surface area contributed by atoms with Crippen LogP contribution in [0.5, 0.6) is 0 Å². The molecule has 5 nitrogen and oxygen atoms in total. The Morgan fingerprint density at radius 1 is 1.56 bits per heavy atom. The van der Waals surface area contributed by atoms with Crippen LogP contribution in [0.2, 0.25) is 0 Å². The summed E-state index contributed by atoms with van der Waals surface area (Å²) in [5.41, 5.74) is 6.05. The van der Waals surface area contributed by atoms with Gasteiger partial charge in [-0.3, -0.25) is 0 Å². The molecule has 0 fully saturated rings. The fourth-order valence-electron chi connectivity index (χ4n) is 1.77. The molecule has 1 aromatic rings. The molecule has 1 unspecified atom stereocenters. The number of hydrogen-bond acceptors (Lipinski definition) is 4. The number of nitrogens with zero attached hydrogens (tertiary/aromatic N) is 2. The fraction of sp³-hybridized carbons (Fsp3) is 0.636. The number of methoxy groups -OCH3 is 1.